The molecule has 2 aromatic heterocycles. The molecule has 5 nitrogen and oxygen atoms in total. The van der Waals surface area contributed by atoms with Crippen LogP contribution in [0.5, 0.6) is 0 Å². The Labute approximate surface area is 130 Å². The van der Waals surface area contributed by atoms with Gasteiger partial charge in [0.1, 0.15) is 9.90 Å². The average Bonchev–Trinajstić information content (AvgIpc) is 2.82. The van der Waals surface area contributed by atoms with Crippen LogP contribution < -0.4 is 4.72 Å². The Balaban J connectivity index is 2.53. The molecule has 0 atom stereocenters. The summed E-state index contributed by atoms with van der Waals surface area (Å²) in [5.74, 6) is 0. The van der Waals surface area contributed by atoms with Crippen molar-refractivity contribution in [3.63, 3.8) is 0 Å². The first-order chi connectivity index (χ1) is 9.51. The Hall–Kier alpha value is -1.18. The molecule has 1 N–H and O–H groups in total. The summed E-state index contributed by atoms with van der Waals surface area (Å²) in [5.41, 5.74) is 1.94. The third-order valence-electron chi connectivity index (χ3n) is 3.06. The zero-order valence-corrected chi connectivity index (χ0v) is 14.8. The molecule has 0 amide bonds. The minimum absolute atomic E-state index is 0.308. The Morgan fingerprint density at radius 2 is 1.90 bits per heavy atom. The van der Waals surface area contributed by atoms with E-state index in [0.717, 1.165) is 16.4 Å². The largest absolute Gasteiger partial charge is 0.345 e. The third-order valence-corrected chi connectivity index (χ3v) is 5.91. The fourth-order valence-electron chi connectivity index (χ4n) is 2.08. The van der Waals surface area contributed by atoms with Crippen molar-refractivity contribution in [1.29, 1.82) is 0 Å². The van der Waals surface area contributed by atoms with Crippen molar-refractivity contribution >= 4 is 21.4 Å². The average molecular weight is 327 g/mol. The molecule has 0 aliphatic carbocycles. The summed E-state index contributed by atoms with van der Waals surface area (Å²) in [6, 6.07) is 1.70. The number of nitrogens with one attached hydrogen (secondary N) is 1. The lowest BCUT2D eigenvalue weighted by Crippen LogP contribution is -2.40. The second-order valence-corrected chi connectivity index (χ2v) is 8.70. The standard InChI is InChI=1S/C14H21N3O2S2/c1-9-8-20-13(15-9)11-7-12(10(2)17(11)6)21(18,19)16-14(3,4)5/h7-8,16H,1-6H3. The molecule has 0 aromatic carbocycles. The molecular weight excluding hydrogens is 306 g/mol. The van der Waals surface area contributed by atoms with Gasteiger partial charge in [0.05, 0.1) is 5.69 Å². The van der Waals surface area contributed by atoms with Crippen LogP contribution in [-0.2, 0) is 17.1 Å². The highest BCUT2D eigenvalue weighted by molar-refractivity contribution is 7.89. The highest BCUT2D eigenvalue weighted by Gasteiger charge is 2.27. The zero-order chi connectivity index (χ0) is 16.0. The minimum atomic E-state index is -3.55. The maximum Gasteiger partial charge on any atom is 0.242 e. The van der Waals surface area contributed by atoms with Gasteiger partial charge in [-0.3, -0.25) is 0 Å². The van der Waals surface area contributed by atoms with Crippen LogP contribution in [0, 0.1) is 13.8 Å². The van der Waals surface area contributed by atoms with Gasteiger partial charge in [0.2, 0.25) is 10.0 Å². The maximum absolute atomic E-state index is 12.5. The quantitative estimate of drug-likeness (QED) is 0.943. The molecule has 116 valence electrons. The molecule has 2 rings (SSSR count). The molecule has 7 heteroatoms. The Bertz CT molecular complexity index is 765. The summed E-state index contributed by atoms with van der Waals surface area (Å²) in [4.78, 5) is 4.74. The second kappa shape index (κ2) is 5.23. The van der Waals surface area contributed by atoms with Gasteiger partial charge in [0, 0.05) is 29.4 Å². The zero-order valence-electron chi connectivity index (χ0n) is 13.2. The van der Waals surface area contributed by atoms with Crippen LogP contribution in [0.25, 0.3) is 10.7 Å². The Morgan fingerprint density at radius 1 is 1.29 bits per heavy atom. The molecule has 0 saturated heterocycles. The highest BCUT2D eigenvalue weighted by Crippen LogP contribution is 2.30. The first-order valence-electron chi connectivity index (χ1n) is 6.64. The number of hydrogen-bond donors (Lipinski definition) is 1. The highest BCUT2D eigenvalue weighted by atomic mass is 32.2. The van der Waals surface area contributed by atoms with Crippen LogP contribution in [0.1, 0.15) is 32.2 Å². The first kappa shape index (κ1) is 16.2. The number of aryl methyl sites for hydroxylation is 1. The molecule has 0 spiro atoms. The lowest BCUT2D eigenvalue weighted by Gasteiger charge is -2.20. The molecule has 2 heterocycles. The summed E-state index contributed by atoms with van der Waals surface area (Å²) in [5, 5.41) is 2.79. The maximum atomic E-state index is 12.5. The molecule has 0 saturated carbocycles. The molecule has 21 heavy (non-hydrogen) atoms. The number of aromatic nitrogens is 2. The van der Waals surface area contributed by atoms with Crippen LogP contribution in [0.4, 0.5) is 0 Å². The predicted molar refractivity (Wildman–Crippen MR) is 86.1 cm³/mol. The molecule has 0 aliphatic rings. The van der Waals surface area contributed by atoms with E-state index in [1.807, 2.05) is 44.7 Å². The van der Waals surface area contributed by atoms with Crippen molar-refractivity contribution in [2.24, 2.45) is 7.05 Å². The Kier molecular flexibility index (Phi) is 4.03. The molecule has 0 aliphatic heterocycles. The van der Waals surface area contributed by atoms with E-state index in [-0.39, 0.29) is 0 Å². The van der Waals surface area contributed by atoms with Crippen LogP contribution in [0.3, 0.4) is 0 Å². The molecule has 0 radical (unpaired) electrons. The molecule has 2 aromatic rings. The molecular formula is C14H21N3O2S2. The minimum Gasteiger partial charge on any atom is -0.345 e. The van der Waals surface area contributed by atoms with Gasteiger partial charge < -0.3 is 4.57 Å². The van der Waals surface area contributed by atoms with E-state index in [1.54, 1.807) is 13.0 Å². The first-order valence-corrected chi connectivity index (χ1v) is 9.00. The lowest BCUT2D eigenvalue weighted by atomic mass is 10.1. The fourth-order valence-corrected chi connectivity index (χ4v) is 4.64. The van der Waals surface area contributed by atoms with Crippen molar-refractivity contribution in [3.05, 3.63) is 22.8 Å². The molecule has 0 fully saturated rings. The molecule has 0 bridgehead atoms. The van der Waals surface area contributed by atoms with Gasteiger partial charge >= 0.3 is 0 Å². The summed E-state index contributed by atoms with van der Waals surface area (Å²) in [6.07, 6.45) is 0. The SMILES string of the molecule is Cc1csc(-c2cc(S(=O)(=O)NC(C)(C)C)c(C)n2C)n1. The summed E-state index contributed by atoms with van der Waals surface area (Å²) >= 11 is 1.52. The number of nitrogens with zero attached hydrogens (tertiary/aromatic N) is 2. The van der Waals surface area contributed by atoms with E-state index in [2.05, 4.69) is 9.71 Å². The van der Waals surface area contributed by atoms with Gasteiger partial charge in [-0.25, -0.2) is 18.1 Å². The van der Waals surface area contributed by atoms with E-state index in [0.29, 0.717) is 10.6 Å². The van der Waals surface area contributed by atoms with E-state index >= 15 is 0 Å². The van der Waals surface area contributed by atoms with Gasteiger partial charge in [-0.05, 0) is 40.7 Å². The predicted octanol–water partition coefficient (Wildman–Crippen LogP) is 2.84. The third kappa shape index (κ3) is 3.36. The van der Waals surface area contributed by atoms with Gasteiger partial charge in [0.25, 0.3) is 0 Å². The number of rotatable bonds is 3. The number of sulfonamides is 1. The van der Waals surface area contributed by atoms with Crippen molar-refractivity contribution in [2.45, 2.75) is 45.1 Å². The van der Waals surface area contributed by atoms with Gasteiger partial charge in [-0.15, -0.1) is 11.3 Å². The van der Waals surface area contributed by atoms with Gasteiger partial charge in [-0.1, -0.05) is 0 Å². The smallest absolute Gasteiger partial charge is 0.242 e. The van der Waals surface area contributed by atoms with E-state index in [9.17, 15) is 8.42 Å². The van der Waals surface area contributed by atoms with Crippen molar-refractivity contribution in [3.8, 4) is 10.7 Å². The number of hydrogen-bond acceptors (Lipinski definition) is 4. The van der Waals surface area contributed by atoms with Crippen molar-refractivity contribution in [2.75, 3.05) is 0 Å². The van der Waals surface area contributed by atoms with Crippen LogP contribution in [0.2, 0.25) is 0 Å². The summed E-state index contributed by atoms with van der Waals surface area (Å²) in [7, 11) is -1.69. The number of thiazole rings is 1. The van der Waals surface area contributed by atoms with E-state index in [4.69, 9.17) is 0 Å². The molecule has 0 unspecified atom stereocenters. The topological polar surface area (TPSA) is 64.0 Å². The van der Waals surface area contributed by atoms with Crippen LogP contribution in [0.15, 0.2) is 16.3 Å². The fraction of sp³-hybridized carbons (Fsp3) is 0.500. The van der Waals surface area contributed by atoms with Gasteiger partial charge in [-0.2, -0.15) is 0 Å². The normalized spacial score (nSPS) is 12.9. The lowest BCUT2D eigenvalue weighted by molar-refractivity contribution is 0.491. The monoisotopic (exact) mass is 327 g/mol. The summed E-state index contributed by atoms with van der Waals surface area (Å²) in [6.45, 7) is 9.21. The van der Waals surface area contributed by atoms with Crippen LogP contribution >= 0.6 is 11.3 Å². The van der Waals surface area contributed by atoms with Gasteiger partial charge in [0.15, 0.2) is 0 Å². The van der Waals surface area contributed by atoms with Crippen LogP contribution in [-0.4, -0.2) is 23.5 Å². The second-order valence-electron chi connectivity index (χ2n) is 6.19. The van der Waals surface area contributed by atoms with Crippen molar-refractivity contribution < 1.29 is 8.42 Å². The summed E-state index contributed by atoms with van der Waals surface area (Å²) < 4.78 is 29.6. The van der Waals surface area contributed by atoms with E-state index in [1.165, 1.54) is 11.3 Å². The van der Waals surface area contributed by atoms with E-state index < -0.39 is 15.6 Å². The Morgan fingerprint density at radius 3 is 2.38 bits per heavy atom. The van der Waals surface area contributed by atoms with Crippen molar-refractivity contribution in [1.82, 2.24) is 14.3 Å².